The summed E-state index contributed by atoms with van der Waals surface area (Å²) in [5.41, 5.74) is 4.65. The van der Waals surface area contributed by atoms with Crippen molar-refractivity contribution in [3.8, 4) is 5.75 Å². The lowest BCUT2D eigenvalue weighted by atomic mass is 10.1. The molecule has 0 aliphatic heterocycles. The second-order valence-corrected chi connectivity index (χ2v) is 5.49. The molecule has 0 amide bonds. The maximum Gasteiger partial charge on any atom is 0.115 e. The van der Waals surface area contributed by atoms with Gasteiger partial charge >= 0.3 is 0 Å². The van der Waals surface area contributed by atoms with Crippen LogP contribution in [-0.2, 0) is 6.42 Å². The number of nitrogens with one attached hydrogen (secondary N) is 1. The minimum atomic E-state index is 0.298. The van der Waals surface area contributed by atoms with Crippen LogP contribution in [0.25, 0.3) is 10.9 Å². The molecule has 2 N–H and O–H groups in total. The smallest absolute Gasteiger partial charge is 0.115 e. The third-order valence-corrected chi connectivity index (χ3v) is 4.18. The number of pyridine rings is 1. The zero-order chi connectivity index (χ0) is 14.2. The van der Waals surface area contributed by atoms with Gasteiger partial charge in [-0.05, 0) is 60.4 Å². The highest BCUT2D eigenvalue weighted by molar-refractivity contribution is 5.91. The van der Waals surface area contributed by atoms with Crippen molar-refractivity contribution >= 4 is 16.6 Å². The normalized spacial score (nSPS) is 16.9. The summed E-state index contributed by atoms with van der Waals surface area (Å²) in [6.07, 6.45) is 3.87. The van der Waals surface area contributed by atoms with Crippen LogP contribution in [-0.4, -0.2) is 10.1 Å². The predicted molar refractivity (Wildman–Crippen MR) is 84.5 cm³/mol. The van der Waals surface area contributed by atoms with Crippen LogP contribution in [0.1, 0.15) is 23.6 Å². The van der Waals surface area contributed by atoms with Gasteiger partial charge in [0.05, 0.1) is 11.6 Å². The van der Waals surface area contributed by atoms with Crippen LogP contribution in [0.4, 0.5) is 5.69 Å². The first kappa shape index (κ1) is 12.2. The Balaban J connectivity index is 1.71. The fourth-order valence-corrected chi connectivity index (χ4v) is 3.17. The molecular formula is C18H16N2O. The average molecular weight is 276 g/mol. The molecule has 0 saturated carbocycles. The third kappa shape index (κ3) is 2.11. The van der Waals surface area contributed by atoms with E-state index in [0.717, 1.165) is 29.4 Å². The molecule has 3 heteroatoms. The van der Waals surface area contributed by atoms with Crippen molar-refractivity contribution in [2.45, 2.75) is 18.9 Å². The summed E-state index contributed by atoms with van der Waals surface area (Å²) in [5.74, 6) is 0.351. The zero-order valence-electron chi connectivity index (χ0n) is 11.6. The van der Waals surface area contributed by atoms with Crippen molar-refractivity contribution in [1.29, 1.82) is 0 Å². The van der Waals surface area contributed by atoms with Gasteiger partial charge in [-0.25, -0.2) is 0 Å². The number of nitrogens with zero attached hydrogens (tertiary/aromatic N) is 1. The van der Waals surface area contributed by atoms with Crippen LogP contribution < -0.4 is 5.32 Å². The maximum atomic E-state index is 9.59. The summed E-state index contributed by atoms with van der Waals surface area (Å²) in [4.78, 5) is 4.40. The molecule has 1 unspecified atom stereocenters. The molecule has 2 aromatic carbocycles. The summed E-state index contributed by atoms with van der Waals surface area (Å²) in [7, 11) is 0. The number of aromatic hydroxyl groups is 1. The Bertz CT molecular complexity index is 808. The number of rotatable bonds is 2. The number of aromatic nitrogens is 1. The molecule has 0 fully saturated rings. The molecule has 1 heterocycles. The second kappa shape index (κ2) is 4.77. The van der Waals surface area contributed by atoms with E-state index in [1.165, 1.54) is 11.1 Å². The van der Waals surface area contributed by atoms with Crippen LogP contribution in [0.15, 0.2) is 54.7 Å². The zero-order valence-corrected chi connectivity index (χ0v) is 11.6. The molecule has 0 saturated heterocycles. The molecule has 1 aliphatic rings. The Labute approximate surface area is 123 Å². The number of benzene rings is 2. The average Bonchev–Trinajstić information content (AvgIpc) is 2.90. The van der Waals surface area contributed by atoms with E-state index in [9.17, 15) is 5.11 Å². The summed E-state index contributed by atoms with van der Waals surface area (Å²) in [6.45, 7) is 0. The third-order valence-electron chi connectivity index (χ3n) is 4.18. The van der Waals surface area contributed by atoms with Crippen molar-refractivity contribution in [2.75, 3.05) is 5.32 Å². The van der Waals surface area contributed by atoms with Gasteiger partial charge in [-0.15, -0.1) is 0 Å². The lowest BCUT2D eigenvalue weighted by molar-refractivity contribution is 0.474. The Hall–Kier alpha value is -2.55. The quantitative estimate of drug-likeness (QED) is 0.742. The first-order chi connectivity index (χ1) is 10.3. The number of hydrogen-bond acceptors (Lipinski definition) is 3. The van der Waals surface area contributed by atoms with Crippen LogP contribution in [0.5, 0.6) is 5.75 Å². The Morgan fingerprint density at radius 2 is 2.05 bits per heavy atom. The van der Waals surface area contributed by atoms with Crippen molar-refractivity contribution < 1.29 is 5.11 Å². The minimum Gasteiger partial charge on any atom is -0.508 e. The molecule has 104 valence electrons. The van der Waals surface area contributed by atoms with Gasteiger partial charge in [0.2, 0.25) is 0 Å². The molecule has 1 aromatic heterocycles. The molecule has 0 spiro atoms. The fourth-order valence-electron chi connectivity index (χ4n) is 3.17. The lowest BCUT2D eigenvalue weighted by Gasteiger charge is -2.17. The van der Waals surface area contributed by atoms with Gasteiger partial charge in [-0.1, -0.05) is 12.1 Å². The molecule has 0 bridgehead atoms. The highest BCUT2D eigenvalue weighted by Crippen LogP contribution is 2.36. The summed E-state index contributed by atoms with van der Waals surface area (Å²) >= 11 is 0. The first-order valence-corrected chi connectivity index (χ1v) is 7.23. The highest BCUT2D eigenvalue weighted by Gasteiger charge is 2.22. The number of fused-ring (bicyclic) bond motifs is 2. The standard InChI is InChI=1S/C18H16N2O/c21-13-7-8-14-12(11-13)6-9-18(14)20-17-5-1-4-16-15(17)3-2-10-19-16/h1-5,7-8,10-11,18,20-21H,6,9H2. The molecule has 3 nitrogen and oxygen atoms in total. The van der Waals surface area contributed by atoms with E-state index in [2.05, 4.69) is 22.4 Å². The molecule has 21 heavy (non-hydrogen) atoms. The summed E-state index contributed by atoms with van der Waals surface area (Å²) < 4.78 is 0. The van der Waals surface area contributed by atoms with E-state index in [1.54, 1.807) is 6.07 Å². The number of phenolic OH excluding ortho intramolecular Hbond substituents is 1. The van der Waals surface area contributed by atoms with Gasteiger partial charge in [0.15, 0.2) is 0 Å². The maximum absolute atomic E-state index is 9.59. The van der Waals surface area contributed by atoms with Crippen LogP contribution >= 0.6 is 0 Å². The Kier molecular flexibility index (Phi) is 2.78. The minimum absolute atomic E-state index is 0.298. The van der Waals surface area contributed by atoms with Crippen molar-refractivity contribution in [2.24, 2.45) is 0 Å². The fraction of sp³-hybridized carbons (Fsp3) is 0.167. The predicted octanol–water partition coefficient (Wildman–Crippen LogP) is 4.04. The van der Waals surface area contributed by atoms with Crippen LogP contribution in [0.3, 0.4) is 0 Å². The largest absolute Gasteiger partial charge is 0.508 e. The van der Waals surface area contributed by atoms with Crippen LogP contribution in [0.2, 0.25) is 0 Å². The van der Waals surface area contributed by atoms with Gasteiger partial charge in [0.1, 0.15) is 5.75 Å². The lowest BCUT2D eigenvalue weighted by Crippen LogP contribution is -2.07. The second-order valence-electron chi connectivity index (χ2n) is 5.49. The SMILES string of the molecule is Oc1ccc2c(c1)CCC2Nc1cccc2ncccc12. The summed E-state index contributed by atoms with van der Waals surface area (Å²) in [5, 5.41) is 14.4. The molecular weight excluding hydrogens is 260 g/mol. The van der Waals surface area contributed by atoms with Gasteiger partial charge < -0.3 is 10.4 Å². The van der Waals surface area contributed by atoms with Crippen molar-refractivity contribution in [3.63, 3.8) is 0 Å². The highest BCUT2D eigenvalue weighted by atomic mass is 16.3. The number of aryl methyl sites for hydroxylation is 1. The van der Waals surface area contributed by atoms with E-state index in [0.29, 0.717) is 11.8 Å². The summed E-state index contributed by atoms with van der Waals surface area (Å²) in [6, 6.07) is 16.2. The van der Waals surface area contributed by atoms with E-state index in [-0.39, 0.29) is 0 Å². The monoisotopic (exact) mass is 276 g/mol. The number of anilines is 1. The van der Waals surface area contributed by atoms with E-state index >= 15 is 0 Å². The van der Waals surface area contributed by atoms with E-state index in [4.69, 9.17) is 0 Å². The van der Waals surface area contributed by atoms with Gasteiger partial charge in [0.25, 0.3) is 0 Å². The molecule has 3 aromatic rings. The van der Waals surface area contributed by atoms with E-state index < -0.39 is 0 Å². The van der Waals surface area contributed by atoms with Gasteiger partial charge in [-0.2, -0.15) is 0 Å². The Morgan fingerprint density at radius 1 is 1.10 bits per heavy atom. The van der Waals surface area contributed by atoms with Gasteiger partial charge in [0, 0.05) is 17.3 Å². The van der Waals surface area contributed by atoms with Crippen molar-refractivity contribution in [3.05, 3.63) is 65.9 Å². The molecule has 1 atom stereocenters. The van der Waals surface area contributed by atoms with Crippen molar-refractivity contribution in [1.82, 2.24) is 4.98 Å². The molecule has 4 rings (SSSR count). The topological polar surface area (TPSA) is 45.1 Å². The van der Waals surface area contributed by atoms with Crippen LogP contribution in [0, 0.1) is 0 Å². The molecule has 0 radical (unpaired) electrons. The Morgan fingerprint density at radius 3 is 3.00 bits per heavy atom. The van der Waals surface area contributed by atoms with E-state index in [1.807, 2.05) is 36.5 Å². The first-order valence-electron chi connectivity index (χ1n) is 7.23. The number of hydrogen-bond donors (Lipinski definition) is 2. The molecule has 1 aliphatic carbocycles. The number of phenols is 1. The van der Waals surface area contributed by atoms with Gasteiger partial charge in [-0.3, -0.25) is 4.98 Å².